The van der Waals surface area contributed by atoms with Gasteiger partial charge in [-0.2, -0.15) is 0 Å². The van der Waals surface area contributed by atoms with Crippen molar-refractivity contribution in [2.24, 2.45) is 0 Å². The first-order valence-electron chi connectivity index (χ1n) is 0.567. The first-order valence-corrected chi connectivity index (χ1v) is 0.567. The van der Waals surface area contributed by atoms with Crippen LogP contribution in [0.5, 0.6) is 0 Å². The Morgan fingerprint density at radius 1 is 1.00 bits per heavy atom. The van der Waals surface area contributed by atoms with Crippen LogP contribution in [0.1, 0.15) is 0 Å². The molecule has 4 heteroatoms. The van der Waals surface area contributed by atoms with Gasteiger partial charge in [0.15, 0.2) is 6.68 Å². The van der Waals surface area contributed by atoms with Crippen molar-refractivity contribution in [2.75, 3.05) is 0 Å². The maximum absolute atomic E-state index is 9.58. The van der Waals surface area contributed by atoms with E-state index in [0.717, 1.165) is 0 Å². The molecule has 0 aliphatic heterocycles. The molecule has 0 aliphatic carbocycles. The van der Waals surface area contributed by atoms with Gasteiger partial charge in [-0.3, -0.25) is 0 Å². The van der Waals surface area contributed by atoms with E-state index < -0.39 is 6.68 Å². The SMILES string of the molecule is F[C-](F)F.[Cu+]. The normalized spacial score (nSPS) is 7.20. The van der Waals surface area contributed by atoms with Crippen LogP contribution >= 0.6 is 0 Å². The second-order valence-electron chi connectivity index (χ2n) is 0.214. The number of rotatable bonds is 0. The third-order valence-corrected chi connectivity index (χ3v) is 0. The Bertz CT molecular complexity index is 11.6. The minimum absolute atomic E-state index is 0. The largest absolute Gasteiger partial charge is 1.00 e. The summed E-state index contributed by atoms with van der Waals surface area (Å²) < 4.78 is 28.8. The summed E-state index contributed by atoms with van der Waals surface area (Å²) in [5.41, 5.74) is 0. The van der Waals surface area contributed by atoms with E-state index >= 15 is 0 Å². The predicted octanol–water partition coefficient (Wildman–Crippen LogP) is 1.34. The maximum atomic E-state index is 9.58. The summed E-state index contributed by atoms with van der Waals surface area (Å²) in [5, 5.41) is 0. The molecule has 5 heavy (non-hydrogen) atoms. The summed E-state index contributed by atoms with van der Waals surface area (Å²) in [4.78, 5) is 0. The van der Waals surface area contributed by atoms with Crippen LogP contribution in [0.25, 0.3) is 0 Å². The van der Waals surface area contributed by atoms with Crippen LogP contribution in [-0.4, -0.2) is 0 Å². The van der Waals surface area contributed by atoms with Crippen LogP contribution in [0.3, 0.4) is 0 Å². The molecule has 0 radical (unpaired) electrons. The molecular formula is CCuF3. The fourth-order valence-electron chi connectivity index (χ4n) is 0. The second kappa shape index (κ2) is 4.31. The zero-order chi connectivity index (χ0) is 3.58. The number of hydrogen-bond acceptors (Lipinski definition) is 0. The molecule has 0 amide bonds. The summed E-state index contributed by atoms with van der Waals surface area (Å²) in [6.45, 7) is -3.08. The summed E-state index contributed by atoms with van der Waals surface area (Å²) in [5.74, 6) is 0. The van der Waals surface area contributed by atoms with E-state index in [1.807, 2.05) is 0 Å². The molecule has 0 bridgehead atoms. The molecule has 0 spiro atoms. The third-order valence-electron chi connectivity index (χ3n) is 0. The molecular weight excluding hydrogens is 133 g/mol. The van der Waals surface area contributed by atoms with Crippen molar-refractivity contribution in [1.29, 1.82) is 0 Å². The molecule has 0 fully saturated rings. The molecule has 0 saturated carbocycles. The van der Waals surface area contributed by atoms with E-state index in [1.54, 1.807) is 0 Å². The van der Waals surface area contributed by atoms with Gasteiger partial charge in [0, 0.05) is 0 Å². The molecule has 0 saturated heterocycles. The Hall–Kier alpha value is 0.309. The van der Waals surface area contributed by atoms with E-state index in [0.29, 0.717) is 0 Å². The van der Waals surface area contributed by atoms with Crippen LogP contribution in [0, 0.1) is 6.68 Å². The Morgan fingerprint density at radius 3 is 1.00 bits per heavy atom. The van der Waals surface area contributed by atoms with E-state index in [1.165, 1.54) is 0 Å². The van der Waals surface area contributed by atoms with Crippen LogP contribution in [0.2, 0.25) is 0 Å². The van der Waals surface area contributed by atoms with Gasteiger partial charge in [0.2, 0.25) is 0 Å². The first-order chi connectivity index (χ1) is 1.73. The summed E-state index contributed by atoms with van der Waals surface area (Å²) >= 11 is 0. The van der Waals surface area contributed by atoms with Crippen LogP contribution in [0.15, 0.2) is 0 Å². The van der Waals surface area contributed by atoms with Gasteiger partial charge in [0.05, 0.1) is 0 Å². The molecule has 0 heterocycles. The molecule has 0 nitrogen and oxygen atoms in total. The van der Waals surface area contributed by atoms with Crippen molar-refractivity contribution in [2.45, 2.75) is 0 Å². The van der Waals surface area contributed by atoms with Crippen molar-refractivity contribution in [3.05, 3.63) is 6.68 Å². The molecule has 0 aromatic carbocycles. The molecule has 0 N–H and O–H groups in total. The number of hydrogen-bond donors (Lipinski definition) is 0. The average molecular weight is 133 g/mol. The minimum Gasteiger partial charge on any atom is -0.385 e. The van der Waals surface area contributed by atoms with Gasteiger partial charge in [0.1, 0.15) is 0 Å². The van der Waals surface area contributed by atoms with Crippen LogP contribution in [-0.2, 0) is 17.1 Å². The van der Waals surface area contributed by atoms with Gasteiger partial charge < -0.3 is 13.2 Å². The van der Waals surface area contributed by atoms with Gasteiger partial charge in [-0.1, -0.05) is 0 Å². The maximum Gasteiger partial charge on any atom is 1.00 e. The Balaban J connectivity index is 0. The van der Waals surface area contributed by atoms with E-state index in [9.17, 15) is 13.2 Å². The minimum atomic E-state index is -3.08. The Morgan fingerprint density at radius 2 is 1.00 bits per heavy atom. The van der Waals surface area contributed by atoms with Crippen LogP contribution in [0.4, 0.5) is 13.2 Å². The fourth-order valence-corrected chi connectivity index (χ4v) is 0. The van der Waals surface area contributed by atoms with Crippen molar-refractivity contribution < 1.29 is 30.2 Å². The van der Waals surface area contributed by atoms with Crippen molar-refractivity contribution in [1.82, 2.24) is 0 Å². The molecule has 0 aromatic heterocycles. The molecule has 0 aromatic rings. The van der Waals surface area contributed by atoms with Crippen molar-refractivity contribution in [3.63, 3.8) is 0 Å². The smallest absolute Gasteiger partial charge is 0.385 e. The summed E-state index contributed by atoms with van der Waals surface area (Å²) in [6.07, 6.45) is 0. The molecule has 0 rings (SSSR count). The average Bonchev–Trinajstić information content (AvgIpc) is 0.811. The van der Waals surface area contributed by atoms with E-state index in [2.05, 4.69) is 0 Å². The standard InChI is InChI=1S/CF3.Cu/c2-1(3)4;/q-1;+1. The molecule has 0 unspecified atom stereocenters. The molecule has 0 aliphatic rings. The Kier molecular flexibility index (Phi) is 7.76. The summed E-state index contributed by atoms with van der Waals surface area (Å²) in [6, 6.07) is 0. The quantitative estimate of drug-likeness (QED) is 0.345. The zero-order valence-corrected chi connectivity index (χ0v) is 2.88. The Labute approximate surface area is 37.8 Å². The van der Waals surface area contributed by atoms with Gasteiger partial charge in [-0.15, -0.1) is 0 Å². The van der Waals surface area contributed by atoms with E-state index in [4.69, 9.17) is 0 Å². The predicted molar refractivity (Wildman–Crippen MR) is 6.57 cm³/mol. The van der Waals surface area contributed by atoms with Gasteiger partial charge >= 0.3 is 17.1 Å². The fraction of sp³-hybridized carbons (Fsp3) is 0. The number of halogens is 3. The van der Waals surface area contributed by atoms with Crippen molar-refractivity contribution >= 4 is 0 Å². The molecule has 0 atom stereocenters. The zero-order valence-electron chi connectivity index (χ0n) is 1.94. The monoisotopic (exact) mass is 132 g/mol. The van der Waals surface area contributed by atoms with Gasteiger partial charge in [-0.25, -0.2) is 0 Å². The summed E-state index contributed by atoms with van der Waals surface area (Å²) in [7, 11) is 0. The molecule has 36 valence electrons. The van der Waals surface area contributed by atoms with Crippen LogP contribution < -0.4 is 0 Å². The van der Waals surface area contributed by atoms with Gasteiger partial charge in [-0.05, 0) is 0 Å². The second-order valence-corrected chi connectivity index (χ2v) is 0.214. The third kappa shape index (κ3) is 240. The van der Waals surface area contributed by atoms with Gasteiger partial charge in [0.25, 0.3) is 0 Å². The first kappa shape index (κ1) is 9.00. The van der Waals surface area contributed by atoms with E-state index in [-0.39, 0.29) is 17.1 Å². The topological polar surface area (TPSA) is 0 Å². The van der Waals surface area contributed by atoms with Crippen molar-refractivity contribution in [3.8, 4) is 0 Å².